The maximum Gasteiger partial charge on any atom is 0.244 e. The number of carbonyl (C=O) groups excluding carboxylic acids is 1. The van der Waals surface area contributed by atoms with E-state index in [-0.39, 0.29) is 12.5 Å². The zero-order chi connectivity index (χ0) is 12.4. The molecule has 0 aliphatic rings. The number of nitrogens with zero attached hydrogens (tertiary/aromatic N) is 2. The van der Waals surface area contributed by atoms with Crippen LogP contribution in [0.1, 0.15) is 26.7 Å². The second-order valence-electron chi connectivity index (χ2n) is 3.34. The SMILES string of the molecule is C=CN=C(CNC(=O)/C=C(\C)CCC)N=C. The first-order chi connectivity index (χ1) is 7.63. The maximum atomic E-state index is 11.4. The monoisotopic (exact) mass is 221 g/mol. The summed E-state index contributed by atoms with van der Waals surface area (Å²) < 4.78 is 0. The number of hydrogen-bond acceptors (Lipinski definition) is 2. The van der Waals surface area contributed by atoms with Gasteiger partial charge < -0.3 is 5.32 Å². The standard InChI is InChI=1S/C12H19N3O/c1-5-7-10(3)8-12(16)15-9-11(13-4)14-6-2/h6,8H,2,4-5,7,9H2,1,3H3,(H,15,16)/b10-8+,14-11?. The van der Waals surface area contributed by atoms with Gasteiger partial charge in [0.05, 0.1) is 6.54 Å². The Bertz CT molecular complexity index is 316. The minimum absolute atomic E-state index is 0.133. The van der Waals surface area contributed by atoms with Gasteiger partial charge in [-0.2, -0.15) is 0 Å². The van der Waals surface area contributed by atoms with Crippen LogP contribution in [-0.2, 0) is 4.79 Å². The van der Waals surface area contributed by atoms with E-state index in [9.17, 15) is 4.79 Å². The Kier molecular flexibility index (Phi) is 7.67. The number of nitrogens with one attached hydrogen (secondary N) is 1. The van der Waals surface area contributed by atoms with E-state index >= 15 is 0 Å². The second-order valence-corrected chi connectivity index (χ2v) is 3.34. The highest BCUT2D eigenvalue weighted by Crippen LogP contribution is 2.01. The number of aliphatic imine (C=N–C) groups is 2. The van der Waals surface area contributed by atoms with Gasteiger partial charge in [0, 0.05) is 12.3 Å². The minimum Gasteiger partial charge on any atom is -0.345 e. The number of amides is 1. The molecule has 0 atom stereocenters. The Balaban J connectivity index is 4.16. The van der Waals surface area contributed by atoms with E-state index in [4.69, 9.17) is 0 Å². The summed E-state index contributed by atoms with van der Waals surface area (Å²) in [7, 11) is 0. The van der Waals surface area contributed by atoms with Crippen molar-refractivity contribution in [1.82, 2.24) is 5.32 Å². The lowest BCUT2D eigenvalue weighted by Gasteiger charge is -2.02. The molecular formula is C12H19N3O. The van der Waals surface area contributed by atoms with Crippen LogP contribution in [0.25, 0.3) is 0 Å². The smallest absolute Gasteiger partial charge is 0.244 e. The first-order valence-electron chi connectivity index (χ1n) is 5.23. The molecule has 1 amide bonds. The van der Waals surface area contributed by atoms with E-state index in [0.29, 0.717) is 5.84 Å². The van der Waals surface area contributed by atoms with Crippen molar-refractivity contribution in [3.05, 3.63) is 24.4 Å². The van der Waals surface area contributed by atoms with Crippen LogP contribution < -0.4 is 5.32 Å². The molecule has 0 aromatic rings. The molecule has 0 aliphatic carbocycles. The van der Waals surface area contributed by atoms with Gasteiger partial charge in [0.25, 0.3) is 0 Å². The van der Waals surface area contributed by atoms with Crippen LogP contribution in [0, 0.1) is 0 Å². The van der Waals surface area contributed by atoms with Crippen molar-refractivity contribution < 1.29 is 4.79 Å². The van der Waals surface area contributed by atoms with Crippen molar-refractivity contribution in [2.75, 3.05) is 6.54 Å². The third-order valence-corrected chi connectivity index (χ3v) is 1.87. The van der Waals surface area contributed by atoms with Crippen molar-refractivity contribution in [3.63, 3.8) is 0 Å². The third-order valence-electron chi connectivity index (χ3n) is 1.87. The fourth-order valence-corrected chi connectivity index (χ4v) is 1.16. The summed E-state index contributed by atoms with van der Waals surface area (Å²) in [4.78, 5) is 18.9. The molecule has 0 unspecified atom stereocenters. The molecule has 0 aromatic heterocycles. The van der Waals surface area contributed by atoms with E-state index in [1.807, 2.05) is 6.92 Å². The van der Waals surface area contributed by atoms with Gasteiger partial charge in [-0.05, 0) is 20.1 Å². The van der Waals surface area contributed by atoms with Crippen LogP contribution in [-0.4, -0.2) is 25.0 Å². The Morgan fingerprint density at radius 3 is 2.69 bits per heavy atom. The van der Waals surface area contributed by atoms with Gasteiger partial charge in [-0.15, -0.1) is 0 Å². The van der Waals surface area contributed by atoms with Crippen LogP contribution in [0.3, 0.4) is 0 Å². The highest BCUT2D eigenvalue weighted by molar-refractivity contribution is 5.94. The molecule has 4 heteroatoms. The Labute approximate surface area is 96.9 Å². The number of carbonyl (C=O) groups is 1. The van der Waals surface area contributed by atoms with Crippen molar-refractivity contribution in [1.29, 1.82) is 0 Å². The molecular weight excluding hydrogens is 202 g/mol. The van der Waals surface area contributed by atoms with E-state index < -0.39 is 0 Å². The van der Waals surface area contributed by atoms with Gasteiger partial charge in [-0.25, -0.2) is 9.98 Å². The Hall–Kier alpha value is -1.71. The molecule has 0 radical (unpaired) electrons. The van der Waals surface area contributed by atoms with E-state index in [1.54, 1.807) is 6.08 Å². The summed E-state index contributed by atoms with van der Waals surface area (Å²) >= 11 is 0. The Morgan fingerprint density at radius 2 is 2.19 bits per heavy atom. The highest BCUT2D eigenvalue weighted by Gasteiger charge is 1.99. The lowest BCUT2D eigenvalue weighted by atomic mass is 10.1. The van der Waals surface area contributed by atoms with Gasteiger partial charge in [-0.3, -0.25) is 4.79 Å². The largest absolute Gasteiger partial charge is 0.345 e. The predicted molar refractivity (Wildman–Crippen MR) is 68.9 cm³/mol. The summed E-state index contributed by atoms with van der Waals surface area (Å²) in [6.45, 7) is 11.1. The van der Waals surface area contributed by atoms with Crippen molar-refractivity contribution in [2.45, 2.75) is 26.7 Å². The van der Waals surface area contributed by atoms with Crippen molar-refractivity contribution in [2.24, 2.45) is 9.98 Å². The van der Waals surface area contributed by atoms with Gasteiger partial charge in [0.15, 0.2) is 0 Å². The van der Waals surface area contributed by atoms with Crippen molar-refractivity contribution in [3.8, 4) is 0 Å². The number of hydrogen-bond donors (Lipinski definition) is 1. The van der Waals surface area contributed by atoms with E-state index in [0.717, 1.165) is 18.4 Å². The van der Waals surface area contributed by atoms with Crippen LogP contribution in [0.4, 0.5) is 0 Å². The molecule has 16 heavy (non-hydrogen) atoms. The summed E-state index contributed by atoms with van der Waals surface area (Å²) in [5, 5.41) is 2.68. The molecule has 0 bridgehead atoms. The zero-order valence-electron chi connectivity index (χ0n) is 9.99. The molecule has 88 valence electrons. The van der Waals surface area contributed by atoms with E-state index in [2.05, 4.69) is 35.5 Å². The van der Waals surface area contributed by atoms with Gasteiger partial charge in [0.1, 0.15) is 5.84 Å². The van der Waals surface area contributed by atoms with Crippen LogP contribution in [0.2, 0.25) is 0 Å². The fraction of sp³-hybridized carbons (Fsp3) is 0.417. The molecule has 0 heterocycles. The molecule has 0 aromatic carbocycles. The van der Waals surface area contributed by atoms with E-state index in [1.165, 1.54) is 6.20 Å². The molecule has 0 saturated carbocycles. The summed E-state index contributed by atoms with van der Waals surface area (Å²) in [5.74, 6) is 0.316. The van der Waals surface area contributed by atoms with Crippen LogP contribution >= 0.6 is 0 Å². The van der Waals surface area contributed by atoms with Crippen molar-refractivity contribution >= 4 is 18.5 Å². The van der Waals surface area contributed by atoms with Crippen LogP contribution in [0.5, 0.6) is 0 Å². The van der Waals surface area contributed by atoms with Gasteiger partial charge in [-0.1, -0.05) is 25.5 Å². The highest BCUT2D eigenvalue weighted by atomic mass is 16.1. The number of amidine groups is 1. The maximum absolute atomic E-state index is 11.4. The third kappa shape index (κ3) is 6.70. The lowest BCUT2D eigenvalue weighted by molar-refractivity contribution is -0.116. The second kappa shape index (κ2) is 8.59. The molecule has 0 aliphatic heterocycles. The minimum atomic E-state index is -0.133. The summed E-state index contributed by atoms with van der Waals surface area (Å²) in [6, 6.07) is 0. The molecule has 0 fully saturated rings. The predicted octanol–water partition coefficient (Wildman–Crippen LogP) is 2.09. The number of allylic oxidation sites excluding steroid dienone is 1. The van der Waals surface area contributed by atoms with Crippen LogP contribution in [0.15, 0.2) is 34.4 Å². The Morgan fingerprint density at radius 1 is 1.50 bits per heavy atom. The molecule has 1 N–H and O–H groups in total. The topological polar surface area (TPSA) is 53.8 Å². The first-order valence-corrected chi connectivity index (χ1v) is 5.23. The summed E-state index contributed by atoms with van der Waals surface area (Å²) in [5.41, 5.74) is 1.06. The molecule has 0 rings (SSSR count). The molecule has 0 spiro atoms. The summed E-state index contributed by atoms with van der Waals surface area (Å²) in [6.07, 6.45) is 4.93. The first kappa shape index (κ1) is 14.3. The number of rotatable bonds is 6. The average Bonchev–Trinajstić information content (AvgIpc) is 2.24. The molecule has 4 nitrogen and oxygen atoms in total. The lowest BCUT2D eigenvalue weighted by Crippen LogP contribution is -2.27. The zero-order valence-corrected chi connectivity index (χ0v) is 9.99. The average molecular weight is 221 g/mol. The fourth-order valence-electron chi connectivity index (χ4n) is 1.16. The van der Waals surface area contributed by atoms with Gasteiger partial charge >= 0.3 is 0 Å². The normalized spacial score (nSPS) is 12.1. The van der Waals surface area contributed by atoms with Gasteiger partial charge in [0.2, 0.25) is 5.91 Å². The quantitative estimate of drug-likeness (QED) is 0.417. The molecule has 0 saturated heterocycles.